The number of carbonyl (C=O) groups excluding carboxylic acids is 2. The number of methoxy groups -OCH3 is 1. The van der Waals surface area contributed by atoms with Crippen LogP contribution in [0.4, 0.5) is 0 Å². The van der Waals surface area contributed by atoms with Crippen LogP contribution in [0.5, 0.6) is 5.75 Å². The SMILES string of the molecule is CCOCOCC(CC(Cc1cccc(OC)c1)C(=O)NO)N(C)C(=O)c1ccc(Br)cc1. The highest BCUT2D eigenvalue weighted by Gasteiger charge is 2.29. The molecule has 0 aliphatic rings. The number of rotatable bonds is 13. The first-order valence-corrected chi connectivity index (χ1v) is 11.4. The van der Waals surface area contributed by atoms with E-state index in [-0.39, 0.29) is 25.7 Å². The zero-order valence-electron chi connectivity index (χ0n) is 19.1. The maximum Gasteiger partial charge on any atom is 0.253 e. The summed E-state index contributed by atoms with van der Waals surface area (Å²) < 4.78 is 17.0. The van der Waals surface area contributed by atoms with Crippen molar-refractivity contribution in [1.29, 1.82) is 0 Å². The summed E-state index contributed by atoms with van der Waals surface area (Å²) in [6, 6.07) is 14.0. The van der Waals surface area contributed by atoms with E-state index in [0.29, 0.717) is 24.3 Å². The van der Waals surface area contributed by atoms with E-state index in [0.717, 1.165) is 10.0 Å². The minimum Gasteiger partial charge on any atom is -0.497 e. The molecule has 2 unspecified atom stereocenters. The van der Waals surface area contributed by atoms with E-state index in [4.69, 9.17) is 14.2 Å². The van der Waals surface area contributed by atoms with Crippen molar-refractivity contribution in [3.63, 3.8) is 0 Å². The summed E-state index contributed by atoms with van der Waals surface area (Å²) in [6.45, 7) is 2.62. The first kappa shape index (κ1) is 26.8. The number of benzene rings is 2. The van der Waals surface area contributed by atoms with Crippen molar-refractivity contribution in [3.8, 4) is 5.75 Å². The fraction of sp³-hybridized carbons (Fsp3) is 0.417. The number of nitrogens with zero attached hydrogens (tertiary/aromatic N) is 1. The van der Waals surface area contributed by atoms with Crippen molar-refractivity contribution >= 4 is 27.7 Å². The molecule has 0 aliphatic heterocycles. The van der Waals surface area contributed by atoms with Crippen LogP contribution in [0.25, 0.3) is 0 Å². The zero-order chi connectivity index (χ0) is 24.2. The van der Waals surface area contributed by atoms with Gasteiger partial charge in [0.15, 0.2) is 0 Å². The average molecular weight is 523 g/mol. The molecule has 8 nitrogen and oxygen atoms in total. The molecule has 33 heavy (non-hydrogen) atoms. The monoisotopic (exact) mass is 522 g/mol. The van der Waals surface area contributed by atoms with Crippen LogP contribution in [0.3, 0.4) is 0 Å². The Bertz CT molecular complexity index is 893. The highest BCUT2D eigenvalue weighted by atomic mass is 79.9. The van der Waals surface area contributed by atoms with Gasteiger partial charge in [-0.05, 0) is 61.7 Å². The predicted molar refractivity (Wildman–Crippen MR) is 127 cm³/mol. The van der Waals surface area contributed by atoms with Crippen LogP contribution in [-0.2, 0) is 20.7 Å². The zero-order valence-corrected chi connectivity index (χ0v) is 20.7. The summed E-state index contributed by atoms with van der Waals surface area (Å²) in [7, 11) is 3.25. The average Bonchev–Trinajstić information content (AvgIpc) is 2.84. The van der Waals surface area contributed by atoms with Gasteiger partial charge in [0, 0.05) is 29.6 Å². The minimum absolute atomic E-state index is 0.0834. The van der Waals surface area contributed by atoms with E-state index in [1.807, 2.05) is 31.2 Å². The van der Waals surface area contributed by atoms with Gasteiger partial charge in [-0.25, -0.2) is 5.48 Å². The summed E-state index contributed by atoms with van der Waals surface area (Å²) in [5.74, 6) is -0.660. The maximum atomic E-state index is 13.1. The number of ether oxygens (including phenoxy) is 3. The molecule has 0 heterocycles. The largest absolute Gasteiger partial charge is 0.497 e. The Labute approximate surface area is 202 Å². The molecule has 180 valence electrons. The summed E-state index contributed by atoms with van der Waals surface area (Å²) in [6.07, 6.45) is 0.625. The molecule has 0 saturated carbocycles. The smallest absolute Gasteiger partial charge is 0.253 e. The van der Waals surface area contributed by atoms with Gasteiger partial charge in [-0.1, -0.05) is 28.1 Å². The van der Waals surface area contributed by atoms with Crippen LogP contribution >= 0.6 is 15.9 Å². The molecule has 2 N–H and O–H groups in total. The molecule has 2 aromatic rings. The molecule has 0 aliphatic carbocycles. The third kappa shape index (κ3) is 8.43. The van der Waals surface area contributed by atoms with Crippen LogP contribution in [0.1, 0.15) is 29.3 Å². The second-order valence-corrected chi connectivity index (χ2v) is 8.44. The van der Waals surface area contributed by atoms with Crippen molar-refractivity contribution in [3.05, 3.63) is 64.1 Å². The first-order chi connectivity index (χ1) is 15.9. The molecule has 0 spiro atoms. The Morgan fingerprint density at radius 2 is 1.88 bits per heavy atom. The van der Waals surface area contributed by atoms with Crippen LogP contribution in [-0.4, -0.2) is 62.1 Å². The van der Waals surface area contributed by atoms with E-state index >= 15 is 0 Å². The van der Waals surface area contributed by atoms with E-state index in [9.17, 15) is 14.8 Å². The lowest BCUT2D eigenvalue weighted by atomic mass is 9.91. The van der Waals surface area contributed by atoms with Gasteiger partial charge in [0.25, 0.3) is 5.91 Å². The number of amides is 2. The number of halogens is 1. The van der Waals surface area contributed by atoms with Gasteiger partial charge < -0.3 is 19.1 Å². The number of likely N-dealkylation sites (N-methyl/N-ethyl adjacent to an activating group) is 1. The lowest BCUT2D eigenvalue weighted by Gasteiger charge is -2.31. The molecule has 2 atom stereocenters. The van der Waals surface area contributed by atoms with Crippen LogP contribution in [0, 0.1) is 5.92 Å². The van der Waals surface area contributed by atoms with Crippen molar-refractivity contribution in [1.82, 2.24) is 10.4 Å². The second kappa shape index (κ2) is 13.9. The van der Waals surface area contributed by atoms with Crippen LogP contribution in [0.15, 0.2) is 53.0 Å². The minimum atomic E-state index is -0.608. The molecule has 0 radical (unpaired) electrons. The lowest BCUT2D eigenvalue weighted by molar-refractivity contribution is -0.134. The summed E-state index contributed by atoms with van der Waals surface area (Å²) in [5, 5.41) is 9.33. The molecule has 0 bridgehead atoms. The second-order valence-electron chi connectivity index (χ2n) is 7.52. The molecule has 2 aromatic carbocycles. The van der Waals surface area contributed by atoms with E-state index < -0.39 is 17.9 Å². The number of hydrogen-bond donors (Lipinski definition) is 2. The molecule has 0 saturated heterocycles. The normalized spacial score (nSPS) is 12.6. The van der Waals surface area contributed by atoms with Gasteiger partial charge in [-0.3, -0.25) is 14.8 Å². The Morgan fingerprint density at radius 3 is 2.52 bits per heavy atom. The Morgan fingerprint density at radius 1 is 1.15 bits per heavy atom. The lowest BCUT2D eigenvalue weighted by Crippen LogP contribution is -2.44. The summed E-state index contributed by atoms with van der Waals surface area (Å²) in [4.78, 5) is 27.2. The maximum absolute atomic E-state index is 13.1. The quantitative estimate of drug-likeness (QED) is 0.180. The van der Waals surface area contributed by atoms with Crippen molar-refractivity contribution in [2.45, 2.75) is 25.8 Å². The van der Waals surface area contributed by atoms with Gasteiger partial charge in [0.1, 0.15) is 12.5 Å². The van der Waals surface area contributed by atoms with Crippen molar-refractivity contribution in [2.75, 3.05) is 34.2 Å². The number of nitrogens with one attached hydrogen (secondary N) is 1. The molecular formula is C24H31BrN2O6. The van der Waals surface area contributed by atoms with E-state index in [1.54, 1.807) is 48.8 Å². The Balaban J connectivity index is 2.23. The third-order valence-corrected chi connectivity index (χ3v) is 5.82. The highest BCUT2D eigenvalue weighted by Crippen LogP contribution is 2.22. The summed E-state index contributed by atoms with van der Waals surface area (Å²) in [5.41, 5.74) is 3.15. The number of carbonyl (C=O) groups is 2. The van der Waals surface area contributed by atoms with Gasteiger partial charge in [-0.15, -0.1) is 0 Å². The molecule has 0 fully saturated rings. The van der Waals surface area contributed by atoms with Crippen LogP contribution in [0.2, 0.25) is 0 Å². The first-order valence-electron chi connectivity index (χ1n) is 10.6. The van der Waals surface area contributed by atoms with Crippen molar-refractivity contribution < 1.29 is 29.0 Å². The molecule has 0 aromatic heterocycles. The third-order valence-electron chi connectivity index (χ3n) is 5.29. The molecule has 9 heteroatoms. The van der Waals surface area contributed by atoms with Gasteiger partial charge >= 0.3 is 0 Å². The van der Waals surface area contributed by atoms with Gasteiger partial charge in [0.05, 0.1) is 19.8 Å². The molecule has 2 rings (SSSR count). The summed E-state index contributed by atoms with van der Waals surface area (Å²) >= 11 is 3.37. The molecular weight excluding hydrogens is 492 g/mol. The van der Waals surface area contributed by atoms with Crippen LogP contribution < -0.4 is 10.2 Å². The number of hydroxylamine groups is 1. The topological polar surface area (TPSA) is 97.3 Å². The van der Waals surface area contributed by atoms with Crippen molar-refractivity contribution in [2.24, 2.45) is 5.92 Å². The standard InChI is InChI=1S/C24H31BrN2O6/c1-4-32-16-33-15-21(27(2)24(29)18-8-10-20(25)11-9-18)14-19(23(28)26-30)12-17-6-5-7-22(13-17)31-3/h5-11,13,19,21,30H,4,12,14-16H2,1-3H3,(H,26,28). The fourth-order valence-corrected chi connectivity index (χ4v) is 3.68. The van der Waals surface area contributed by atoms with E-state index in [2.05, 4.69) is 15.9 Å². The Kier molecular flexibility index (Phi) is 11.3. The predicted octanol–water partition coefficient (Wildman–Crippen LogP) is 3.66. The Hall–Kier alpha value is -2.46. The van der Waals surface area contributed by atoms with Gasteiger partial charge in [-0.2, -0.15) is 0 Å². The van der Waals surface area contributed by atoms with E-state index in [1.165, 1.54) is 0 Å². The number of hydrogen-bond acceptors (Lipinski definition) is 6. The molecule has 2 amide bonds. The van der Waals surface area contributed by atoms with Gasteiger partial charge in [0.2, 0.25) is 5.91 Å². The highest BCUT2D eigenvalue weighted by molar-refractivity contribution is 9.10. The fourth-order valence-electron chi connectivity index (χ4n) is 3.41.